The number of anilines is 1. The van der Waals surface area contributed by atoms with E-state index >= 15 is 0 Å². The van der Waals surface area contributed by atoms with Crippen molar-refractivity contribution in [3.8, 4) is 0 Å². The van der Waals surface area contributed by atoms with Crippen molar-refractivity contribution in [1.29, 1.82) is 0 Å². The van der Waals surface area contributed by atoms with Gasteiger partial charge in [0, 0.05) is 6.20 Å². The quantitative estimate of drug-likeness (QED) is 0.674. The molecule has 1 aromatic carbocycles. The van der Waals surface area contributed by atoms with Crippen LogP contribution in [0, 0.1) is 5.82 Å². The van der Waals surface area contributed by atoms with Crippen molar-refractivity contribution in [3.63, 3.8) is 0 Å². The van der Waals surface area contributed by atoms with Gasteiger partial charge in [-0.3, -0.25) is 4.68 Å². The summed E-state index contributed by atoms with van der Waals surface area (Å²) < 4.78 is 20.1. The van der Waals surface area contributed by atoms with Crippen LogP contribution in [0.15, 0.2) is 53.3 Å². The second-order valence-corrected chi connectivity index (χ2v) is 5.86. The molecular weight excluding hydrogens is 351 g/mol. The van der Waals surface area contributed by atoms with Crippen LogP contribution in [-0.2, 0) is 13.1 Å². The van der Waals surface area contributed by atoms with Crippen molar-refractivity contribution in [1.82, 2.24) is 15.1 Å². The van der Waals surface area contributed by atoms with Gasteiger partial charge in [-0.2, -0.15) is 5.10 Å². The number of furan rings is 1. The third kappa shape index (κ3) is 4.33. The Bertz CT molecular complexity index is 834. The van der Waals surface area contributed by atoms with Gasteiger partial charge in [0.2, 0.25) is 0 Å². The van der Waals surface area contributed by atoms with E-state index in [1.165, 1.54) is 12.1 Å². The van der Waals surface area contributed by atoms with Crippen molar-refractivity contribution < 1.29 is 8.81 Å². The lowest BCUT2D eigenvalue weighted by Gasteiger charge is -2.07. The Morgan fingerprint density at radius 2 is 2.21 bits per heavy atom. The summed E-state index contributed by atoms with van der Waals surface area (Å²) in [4.78, 5) is 0. The lowest BCUT2D eigenvalue weighted by Crippen LogP contribution is -2.28. The first-order valence-electron chi connectivity index (χ1n) is 7.15. The second-order valence-electron chi connectivity index (χ2n) is 5.04. The van der Waals surface area contributed by atoms with Crippen molar-refractivity contribution in [3.05, 3.63) is 71.0 Å². The highest BCUT2D eigenvalue weighted by atomic mass is 35.5. The first-order chi connectivity index (χ1) is 11.6. The summed E-state index contributed by atoms with van der Waals surface area (Å²) in [5.74, 6) is 0.916. The zero-order valence-corrected chi connectivity index (χ0v) is 14.1. The van der Waals surface area contributed by atoms with Crippen LogP contribution in [-0.4, -0.2) is 14.9 Å². The number of benzene rings is 1. The summed E-state index contributed by atoms with van der Waals surface area (Å²) in [6.07, 6.45) is 3.25. The van der Waals surface area contributed by atoms with E-state index < -0.39 is 0 Å². The normalized spacial score (nSPS) is 10.6. The standard InChI is InChI=1S/C16H14ClFN4OS/c17-14-10-22(9-11-3-1-4-12(18)7-11)21-15(14)20-16(24)19-8-13-5-2-6-23-13/h1-7,10H,8-9H2,(H2,19,20,21,24). The maximum Gasteiger partial charge on any atom is 0.173 e. The fraction of sp³-hybridized carbons (Fsp3) is 0.125. The summed E-state index contributed by atoms with van der Waals surface area (Å²) >= 11 is 11.4. The molecule has 3 rings (SSSR count). The minimum absolute atomic E-state index is 0.285. The van der Waals surface area contributed by atoms with Crippen LogP contribution >= 0.6 is 23.8 Å². The lowest BCUT2D eigenvalue weighted by atomic mass is 10.2. The summed E-state index contributed by atoms with van der Waals surface area (Å²) in [5.41, 5.74) is 0.791. The average molecular weight is 365 g/mol. The molecule has 0 aliphatic carbocycles. The van der Waals surface area contributed by atoms with Gasteiger partial charge in [0.15, 0.2) is 10.9 Å². The molecule has 0 aliphatic rings. The monoisotopic (exact) mass is 364 g/mol. The predicted molar refractivity (Wildman–Crippen MR) is 94.5 cm³/mol. The topological polar surface area (TPSA) is 55.0 Å². The minimum atomic E-state index is -0.285. The molecule has 0 atom stereocenters. The van der Waals surface area contributed by atoms with Crippen molar-refractivity contribution in [2.24, 2.45) is 0 Å². The zero-order valence-electron chi connectivity index (χ0n) is 12.5. The van der Waals surface area contributed by atoms with Gasteiger partial charge < -0.3 is 15.1 Å². The van der Waals surface area contributed by atoms with Gasteiger partial charge in [-0.15, -0.1) is 0 Å². The van der Waals surface area contributed by atoms with Gasteiger partial charge in [0.05, 0.1) is 19.4 Å². The Labute approximate surface area is 148 Å². The third-order valence-electron chi connectivity index (χ3n) is 3.19. The van der Waals surface area contributed by atoms with Crippen LogP contribution in [0.3, 0.4) is 0 Å². The molecule has 24 heavy (non-hydrogen) atoms. The first-order valence-corrected chi connectivity index (χ1v) is 7.93. The summed E-state index contributed by atoms with van der Waals surface area (Å²) in [6, 6.07) is 9.98. The van der Waals surface area contributed by atoms with E-state index in [1.807, 2.05) is 12.1 Å². The molecule has 3 aromatic rings. The lowest BCUT2D eigenvalue weighted by molar-refractivity contribution is 0.503. The highest BCUT2D eigenvalue weighted by Gasteiger charge is 2.09. The second kappa shape index (κ2) is 7.46. The largest absolute Gasteiger partial charge is 0.467 e. The van der Waals surface area contributed by atoms with Crippen molar-refractivity contribution in [2.45, 2.75) is 13.1 Å². The smallest absolute Gasteiger partial charge is 0.173 e. The molecule has 124 valence electrons. The molecule has 2 aromatic heterocycles. The molecule has 2 heterocycles. The van der Waals surface area contributed by atoms with Crippen LogP contribution in [0.2, 0.25) is 5.02 Å². The molecular formula is C16H14ClFN4OS. The number of halogens is 2. The van der Waals surface area contributed by atoms with Crippen LogP contribution in [0.4, 0.5) is 10.2 Å². The fourth-order valence-corrected chi connectivity index (χ4v) is 2.48. The van der Waals surface area contributed by atoms with E-state index in [2.05, 4.69) is 15.7 Å². The highest BCUT2D eigenvalue weighted by molar-refractivity contribution is 7.80. The minimum Gasteiger partial charge on any atom is -0.467 e. The molecule has 0 saturated carbocycles. The van der Waals surface area contributed by atoms with Gasteiger partial charge >= 0.3 is 0 Å². The van der Waals surface area contributed by atoms with E-state index in [0.29, 0.717) is 29.0 Å². The molecule has 0 spiro atoms. The Morgan fingerprint density at radius 1 is 1.33 bits per heavy atom. The van der Waals surface area contributed by atoms with Gasteiger partial charge in [-0.05, 0) is 42.0 Å². The number of nitrogens with zero attached hydrogens (tertiary/aromatic N) is 2. The van der Waals surface area contributed by atoms with Crippen LogP contribution < -0.4 is 10.6 Å². The Kier molecular flexibility index (Phi) is 5.12. The summed E-state index contributed by atoms with van der Waals surface area (Å²) in [6.45, 7) is 0.867. The first kappa shape index (κ1) is 16.5. The molecule has 0 bridgehead atoms. The number of hydrogen-bond donors (Lipinski definition) is 2. The molecule has 0 unspecified atom stereocenters. The molecule has 0 aliphatic heterocycles. The molecule has 2 N–H and O–H groups in total. The van der Waals surface area contributed by atoms with Crippen LogP contribution in [0.1, 0.15) is 11.3 Å². The van der Waals surface area contributed by atoms with E-state index in [9.17, 15) is 4.39 Å². The third-order valence-corrected chi connectivity index (χ3v) is 3.71. The molecule has 0 saturated heterocycles. The Morgan fingerprint density at radius 3 is 2.96 bits per heavy atom. The molecule has 8 heteroatoms. The van der Waals surface area contributed by atoms with Crippen LogP contribution in [0.5, 0.6) is 0 Å². The molecule has 5 nitrogen and oxygen atoms in total. The average Bonchev–Trinajstić information content (AvgIpc) is 3.16. The van der Waals surface area contributed by atoms with Gasteiger partial charge in [0.1, 0.15) is 16.6 Å². The van der Waals surface area contributed by atoms with Gasteiger partial charge in [0.25, 0.3) is 0 Å². The number of thiocarbonyl (C=S) groups is 1. The number of rotatable bonds is 5. The number of nitrogens with one attached hydrogen (secondary N) is 2. The van der Waals surface area contributed by atoms with E-state index in [0.717, 1.165) is 11.3 Å². The SMILES string of the molecule is Fc1cccc(Cn2cc(Cl)c(NC(=S)NCc3ccco3)n2)c1. The van der Waals surface area contributed by atoms with Crippen LogP contribution in [0.25, 0.3) is 0 Å². The summed E-state index contributed by atoms with van der Waals surface area (Å²) in [7, 11) is 0. The van der Waals surface area contributed by atoms with Gasteiger partial charge in [-0.25, -0.2) is 4.39 Å². The number of hydrogen-bond acceptors (Lipinski definition) is 3. The molecule has 0 fully saturated rings. The number of aromatic nitrogens is 2. The summed E-state index contributed by atoms with van der Waals surface area (Å²) in [5, 5.41) is 11.1. The van der Waals surface area contributed by atoms with Crippen molar-refractivity contribution >= 4 is 34.7 Å². The fourth-order valence-electron chi connectivity index (χ4n) is 2.12. The maximum atomic E-state index is 13.2. The van der Waals surface area contributed by atoms with E-state index in [-0.39, 0.29) is 5.82 Å². The predicted octanol–water partition coefficient (Wildman–Crippen LogP) is 3.80. The van der Waals surface area contributed by atoms with Gasteiger partial charge in [-0.1, -0.05) is 23.7 Å². The van der Waals surface area contributed by atoms with E-state index in [4.69, 9.17) is 28.2 Å². The van der Waals surface area contributed by atoms with Crippen molar-refractivity contribution in [2.75, 3.05) is 5.32 Å². The zero-order chi connectivity index (χ0) is 16.9. The molecule has 0 amide bonds. The van der Waals surface area contributed by atoms with E-state index in [1.54, 1.807) is 29.3 Å². The maximum absolute atomic E-state index is 13.2. The Balaban J connectivity index is 1.60. The Hall–Kier alpha value is -2.38. The molecule has 0 radical (unpaired) electrons. The highest BCUT2D eigenvalue weighted by Crippen LogP contribution is 2.20.